The summed E-state index contributed by atoms with van der Waals surface area (Å²) < 4.78 is 16.5. The van der Waals surface area contributed by atoms with Crippen LogP contribution in [0.4, 0.5) is 4.39 Å². The summed E-state index contributed by atoms with van der Waals surface area (Å²) in [7, 11) is 0. The summed E-state index contributed by atoms with van der Waals surface area (Å²) >= 11 is 3.78. The van der Waals surface area contributed by atoms with Crippen LogP contribution in [0.2, 0.25) is 0 Å². The van der Waals surface area contributed by atoms with Gasteiger partial charge in [-0.05, 0) is 42.4 Å². The van der Waals surface area contributed by atoms with Crippen molar-refractivity contribution in [3.8, 4) is 0 Å². The van der Waals surface area contributed by atoms with Gasteiger partial charge >= 0.3 is 0 Å². The summed E-state index contributed by atoms with van der Waals surface area (Å²) in [5, 5.41) is 0. The predicted octanol–water partition coefficient (Wildman–Crippen LogP) is 6.08. The molecule has 2 aromatic carbocycles. The maximum absolute atomic E-state index is 14.5. The maximum Gasteiger partial charge on any atom is 0.128 e. The van der Waals surface area contributed by atoms with E-state index in [1.165, 1.54) is 37.3 Å². The lowest BCUT2D eigenvalue weighted by Crippen LogP contribution is -2.15. The van der Waals surface area contributed by atoms with Gasteiger partial charge in [0, 0.05) is 22.8 Å². The summed E-state index contributed by atoms with van der Waals surface area (Å²) in [6.07, 6.45) is 10.4. The van der Waals surface area contributed by atoms with Crippen molar-refractivity contribution in [2.45, 2.75) is 42.5 Å². The van der Waals surface area contributed by atoms with Crippen LogP contribution in [-0.4, -0.2) is 14.4 Å². The molecular weight excluding hydrogens is 391 g/mol. The number of hydrogen-bond donors (Lipinski definition) is 0. The normalized spacial score (nSPS) is 21.5. The highest BCUT2D eigenvalue weighted by atomic mass is 79.9. The van der Waals surface area contributed by atoms with Crippen LogP contribution in [0.1, 0.15) is 54.3 Å². The van der Waals surface area contributed by atoms with Gasteiger partial charge in [0.15, 0.2) is 0 Å². The highest BCUT2D eigenvalue weighted by molar-refractivity contribution is 9.09. The van der Waals surface area contributed by atoms with Gasteiger partial charge in [0.2, 0.25) is 0 Å². The van der Waals surface area contributed by atoms with E-state index in [4.69, 9.17) is 0 Å². The second kappa shape index (κ2) is 7.75. The zero-order chi connectivity index (χ0) is 17.9. The van der Waals surface area contributed by atoms with E-state index in [0.717, 1.165) is 5.56 Å². The Balaban J connectivity index is 1.67. The van der Waals surface area contributed by atoms with Crippen molar-refractivity contribution in [3.05, 3.63) is 89.8 Å². The molecule has 1 saturated carbocycles. The van der Waals surface area contributed by atoms with Crippen molar-refractivity contribution in [1.29, 1.82) is 0 Å². The highest BCUT2D eigenvalue weighted by Gasteiger charge is 2.23. The van der Waals surface area contributed by atoms with Crippen LogP contribution in [0.15, 0.2) is 67.3 Å². The second-order valence-corrected chi connectivity index (χ2v) is 8.36. The number of nitrogens with zero attached hydrogens (tertiary/aromatic N) is 2. The van der Waals surface area contributed by atoms with Crippen LogP contribution in [0.25, 0.3) is 0 Å². The molecule has 0 saturated heterocycles. The van der Waals surface area contributed by atoms with Gasteiger partial charge in [-0.2, -0.15) is 0 Å². The van der Waals surface area contributed by atoms with Gasteiger partial charge in [0.25, 0.3) is 0 Å². The molecule has 2 nitrogen and oxygen atoms in total. The Morgan fingerprint density at radius 3 is 2.58 bits per heavy atom. The minimum absolute atomic E-state index is 0.190. The summed E-state index contributed by atoms with van der Waals surface area (Å²) in [5.41, 5.74) is 3.12. The quantitative estimate of drug-likeness (QED) is 0.474. The predicted molar refractivity (Wildman–Crippen MR) is 106 cm³/mol. The number of aromatic nitrogens is 2. The Morgan fingerprint density at radius 1 is 1.08 bits per heavy atom. The second-order valence-electron chi connectivity index (χ2n) is 7.06. The molecule has 1 aliphatic rings. The van der Waals surface area contributed by atoms with E-state index in [2.05, 4.69) is 45.2 Å². The fourth-order valence-corrected chi connectivity index (χ4v) is 4.79. The Labute approximate surface area is 162 Å². The SMILES string of the molecule is Fc1ccccc1C(c1ccc(C2CCCC(Br)C2)cc1)n1ccnc1. The third kappa shape index (κ3) is 3.61. The van der Waals surface area contributed by atoms with Crippen molar-refractivity contribution in [1.82, 2.24) is 9.55 Å². The van der Waals surface area contributed by atoms with E-state index in [1.54, 1.807) is 18.6 Å². The molecule has 1 aliphatic carbocycles. The summed E-state index contributed by atoms with van der Waals surface area (Å²) in [6, 6.07) is 15.5. The smallest absolute Gasteiger partial charge is 0.128 e. The monoisotopic (exact) mass is 412 g/mol. The zero-order valence-electron chi connectivity index (χ0n) is 14.6. The third-order valence-electron chi connectivity index (χ3n) is 5.36. The molecule has 3 atom stereocenters. The molecule has 1 fully saturated rings. The molecule has 1 heterocycles. The lowest BCUT2D eigenvalue weighted by molar-refractivity contribution is 0.458. The van der Waals surface area contributed by atoms with E-state index in [-0.39, 0.29) is 11.9 Å². The first-order chi connectivity index (χ1) is 12.7. The Morgan fingerprint density at radius 2 is 1.88 bits per heavy atom. The molecule has 0 radical (unpaired) electrons. The maximum atomic E-state index is 14.5. The van der Waals surface area contributed by atoms with Gasteiger partial charge < -0.3 is 4.57 Å². The topological polar surface area (TPSA) is 17.8 Å². The number of alkyl halides is 1. The fraction of sp³-hybridized carbons (Fsp3) is 0.318. The van der Waals surface area contributed by atoms with Crippen LogP contribution in [0.5, 0.6) is 0 Å². The van der Waals surface area contributed by atoms with Crippen molar-refractivity contribution in [2.24, 2.45) is 0 Å². The number of benzene rings is 2. The van der Waals surface area contributed by atoms with Gasteiger partial charge in [-0.15, -0.1) is 0 Å². The number of imidazole rings is 1. The molecule has 0 bridgehead atoms. The van der Waals surface area contributed by atoms with Crippen LogP contribution < -0.4 is 0 Å². The fourth-order valence-electron chi connectivity index (χ4n) is 4.01. The van der Waals surface area contributed by atoms with Crippen LogP contribution in [0.3, 0.4) is 0 Å². The van der Waals surface area contributed by atoms with E-state index >= 15 is 0 Å². The van der Waals surface area contributed by atoms with Crippen LogP contribution in [-0.2, 0) is 0 Å². The van der Waals surface area contributed by atoms with Gasteiger partial charge in [-0.1, -0.05) is 64.8 Å². The average molecular weight is 413 g/mol. The van der Waals surface area contributed by atoms with Crippen molar-refractivity contribution < 1.29 is 4.39 Å². The standard InChI is InChI=1S/C22H22BrFN2/c23-19-5-3-4-18(14-19)16-8-10-17(11-9-16)22(26-13-12-25-15-26)20-6-1-2-7-21(20)24/h1-2,6-13,15,18-19,22H,3-5,14H2. The lowest BCUT2D eigenvalue weighted by atomic mass is 9.83. The van der Waals surface area contributed by atoms with Gasteiger partial charge in [0.05, 0.1) is 12.4 Å². The van der Waals surface area contributed by atoms with E-state index in [1.807, 2.05) is 22.9 Å². The zero-order valence-corrected chi connectivity index (χ0v) is 16.1. The largest absolute Gasteiger partial charge is 0.326 e. The number of hydrogen-bond acceptors (Lipinski definition) is 1. The molecule has 3 unspecified atom stereocenters. The molecule has 4 rings (SSSR count). The molecule has 0 spiro atoms. The lowest BCUT2D eigenvalue weighted by Gasteiger charge is -2.26. The Bertz CT molecular complexity index is 845. The number of halogens is 2. The minimum atomic E-state index is -0.206. The molecule has 4 heteroatoms. The van der Waals surface area contributed by atoms with Crippen LogP contribution >= 0.6 is 15.9 Å². The van der Waals surface area contributed by atoms with Crippen LogP contribution in [0, 0.1) is 5.82 Å². The summed E-state index contributed by atoms with van der Waals surface area (Å²) in [4.78, 5) is 4.78. The average Bonchev–Trinajstić information content (AvgIpc) is 3.18. The molecule has 0 amide bonds. The minimum Gasteiger partial charge on any atom is -0.326 e. The van der Waals surface area contributed by atoms with E-state index in [9.17, 15) is 4.39 Å². The first-order valence-electron chi connectivity index (χ1n) is 9.18. The van der Waals surface area contributed by atoms with Crippen molar-refractivity contribution in [2.75, 3.05) is 0 Å². The Kier molecular flexibility index (Phi) is 5.21. The number of rotatable bonds is 4. The first-order valence-corrected chi connectivity index (χ1v) is 10.1. The van der Waals surface area contributed by atoms with Gasteiger partial charge in [0.1, 0.15) is 5.82 Å². The van der Waals surface area contributed by atoms with Crippen molar-refractivity contribution >= 4 is 15.9 Å². The molecule has 0 aliphatic heterocycles. The van der Waals surface area contributed by atoms with Crippen molar-refractivity contribution in [3.63, 3.8) is 0 Å². The molecule has 1 aromatic heterocycles. The summed E-state index contributed by atoms with van der Waals surface area (Å²) in [6.45, 7) is 0. The summed E-state index contributed by atoms with van der Waals surface area (Å²) in [5.74, 6) is 0.423. The van der Waals surface area contributed by atoms with Gasteiger partial charge in [-0.25, -0.2) is 9.37 Å². The van der Waals surface area contributed by atoms with E-state index < -0.39 is 0 Å². The molecular formula is C22H22BrFN2. The highest BCUT2D eigenvalue weighted by Crippen LogP contribution is 2.37. The van der Waals surface area contributed by atoms with E-state index in [0.29, 0.717) is 16.3 Å². The Hall–Kier alpha value is -1.94. The molecule has 3 aromatic rings. The van der Waals surface area contributed by atoms with Gasteiger partial charge in [-0.3, -0.25) is 0 Å². The molecule has 26 heavy (non-hydrogen) atoms. The molecule has 134 valence electrons. The first kappa shape index (κ1) is 17.5. The molecule has 0 N–H and O–H groups in total. The third-order valence-corrected chi connectivity index (χ3v) is 6.19.